The third kappa shape index (κ3) is 3.05. The van der Waals surface area contributed by atoms with E-state index in [-0.39, 0.29) is 0 Å². The highest BCUT2D eigenvalue weighted by molar-refractivity contribution is 9.11. The molecule has 0 heterocycles. The van der Waals surface area contributed by atoms with Crippen molar-refractivity contribution >= 4 is 22.0 Å². The molecular formula is C11H11Br. The van der Waals surface area contributed by atoms with Crippen LogP contribution >= 0.6 is 15.9 Å². The first-order valence-corrected chi connectivity index (χ1v) is 4.64. The molecule has 0 saturated heterocycles. The summed E-state index contributed by atoms with van der Waals surface area (Å²) in [7, 11) is 0. The Balaban J connectivity index is 2.74. The van der Waals surface area contributed by atoms with Gasteiger partial charge in [0, 0.05) is 0 Å². The Kier molecular flexibility index (Phi) is 3.81. The summed E-state index contributed by atoms with van der Waals surface area (Å²) in [6, 6.07) is 10.2. The van der Waals surface area contributed by atoms with Crippen LogP contribution in [-0.4, -0.2) is 0 Å². The van der Waals surface area contributed by atoms with Crippen LogP contribution in [0.15, 0.2) is 47.5 Å². The van der Waals surface area contributed by atoms with Crippen molar-refractivity contribution in [1.82, 2.24) is 0 Å². The van der Waals surface area contributed by atoms with Gasteiger partial charge in [0.2, 0.25) is 0 Å². The van der Waals surface area contributed by atoms with Crippen molar-refractivity contribution in [2.45, 2.75) is 6.42 Å². The summed E-state index contributed by atoms with van der Waals surface area (Å²) in [5, 5.41) is 0. The third-order valence-electron chi connectivity index (χ3n) is 1.46. The average molecular weight is 223 g/mol. The molecule has 62 valence electrons. The van der Waals surface area contributed by atoms with Crippen molar-refractivity contribution < 1.29 is 0 Å². The quantitative estimate of drug-likeness (QED) is 0.679. The van der Waals surface area contributed by atoms with Gasteiger partial charge in [0.25, 0.3) is 0 Å². The molecule has 12 heavy (non-hydrogen) atoms. The molecule has 0 aromatic heterocycles. The highest BCUT2D eigenvalue weighted by Gasteiger charge is 1.88. The summed E-state index contributed by atoms with van der Waals surface area (Å²) >= 11 is 3.46. The van der Waals surface area contributed by atoms with E-state index in [2.05, 4.69) is 40.7 Å². The summed E-state index contributed by atoms with van der Waals surface area (Å²) in [4.78, 5) is 0. The first-order valence-electron chi connectivity index (χ1n) is 3.85. The number of rotatable bonds is 3. The second-order valence-electron chi connectivity index (χ2n) is 2.49. The fourth-order valence-electron chi connectivity index (χ4n) is 0.927. The molecule has 1 rings (SSSR count). The minimum Gasteiger partial charge on any atom is -0.103 e. The molecule has 0 aliphatic heterocycles. The predicted octanol–water partition coefficient (Wildman–Crippen LogP) is 4.00. The first-order chi connectivity index (χ1) is 5.83. The van der Waals surface area contributed by atoms with Crippen molar-refractivity contribution in [3.05, 3.63) is 53.0 Å². The van der Waals surface area contributed by atoms with Crippen LogP contribution in [0.1, 0.15) is 12.0 Å². The van der Waals surface area contributed by atoms with Gasteiger partial charge in [0.1, 0.15) is 0 Å². The Hall–Kier alpha value is -0.820. The molecule has 0 saturated carbocycles. The molecule has 0 spiro atoms. The number of hydrogen-bond acceptors (Lipinski definition) is 0. The van der Waals surface area contributed by atoms with E-state index in [1.165, 1.54) is 5.56 Å². The molecule has 1 aromatic carbocycles. The van der Waals surface area contributed by atoms with Crippen molar-refractivity contribution in [1.29, 1.82) is 0 Å². The van der Waals surface area contributed by atoms with Crippen LogP contribution in [0.2, 0.25) is 0 Å². The Morgan fingerprint density at radius 3 is 2.58 bits per heavy atom. The maximum Gasteiger partial charge on any atom is -0.000586 e. The zero-order valence-electron chi connectivity index (χ0n) is 6.83. The zero-order valence-corrected chi connectivity index (χ0v) is 8.42. The summed E-state index contributed by atoms with van der Waals surface area (Å²) < 4.78 is 1.16. The van der Waals surface area contributed by atoms with Gasteiger partial charge in [0.15, 0.2) is 0 Å². The van der Waals surface area contributed by atoms with Crippen molar-refractivity contribution in [2.24, 2.45) is 0 Å². The minimum absolute atomic E-state index is 0.884. The van der Waals surface area contributed by atoms with Gasteiger partial charge in [-0.1, -0.05) is 52.3 Å². The van der Waals surface area contributed by atoms with Crippen LogP contribution in [0.4, 0.5) is 0 Å². The lowest BCUT2D eigenvalue weighted by Crippen LogP contribution is -1.71. The number of allylic oxidation sites excluding steroid dienone is 2. The molecule has 0 N–H and O–H groups in total. The monoisotopic (exact) mass is 222 g/mol. The summed E-state index contributed by atoms with van der Waals surface area (Å²) in [6.07, 6.45) is 4.86. The molecule has 0 nitrogen and oxygen atoms in total. The van der Waals surface area contributed by atoms with Crippen LogP contribution in [-0.2, 0) is 0 Å². The highest BCUT2D eigenvalue weighted by Crippen LogP contribution is 2.15. The largest absolute Gasteiger partial charge is 0.103 e. The molecule has 0 aliphatic carbocycles. The predicted molar refractivity (Wildman–Crippen MR) is 58.2 cm³/mol. The van der Waals surface area contributed by atoms with E-state index in [1.807, 2.05) is 24.3 Å². The third-order valence-corrected chi connectivity index (χ3v) is 2.01. The minimum atomic E-state index is 0.884. The molecule has 0 unspecified atom stereocenters. The lowest BCUT2D eigenvalue weighted by atomic mass is 10.2. The first kappa shape index (κ1) is 9.27. The van der Waals surface area contributed by atoms with Crippen LogP contribution in [0.5, 0.6) is 0 Å². The van der Waals surface area contributed by atoms with Crippen LogP contribution in [0.25, 0.3) is 6.08 Å². The lowest BCUT2D eigenvalue weighted by Gasteiger charge is -1.94. The average Bonchev–Trinajstić information content (AvgIpc) is 2.06. The maximum atomic E-state index is 3.67. The smallest absolute Gasteiger partial charge is 0.000586 e. The highest BCUT2D eigenvalue weighted by atomic mass is 79.9. The van der Waals surface area contributed by atoms with Crippen LogP contribution in [0, 0.1) is 0 Å². The second-order valence-corrected chi connectivity index (χ2v) is 3.51. The molecule has 1 heteroatoms. The molecule has 0 aliphatic rings. The Labute approximate surface area is 81.7 Å². The molecule has 0 fully saturated rings. The topological polar surface area (TPSA) is 0 Å². The number of benzene rings is 1. The maximum absolute atomic E-state index is 3.67. The molecular weight excluding hydrogens is 212 g/mol. The van der Waals surface area contributed by atoms with Gasteiger partial charge < -0.3 is 0 Å². The summed E-state index contributed by atoms with van der Waals surface area (Å²) in [6.45, 7) is 3.67. The Morgan fingerprint density at radius 1 is 1.33 bits per heavy atom. The van der Waals surface area contributed by atoms with E-state index >= 15 is 0 Å². The number of halogens is 1. The molecule has 0 atom stereocenters. The summed E-state index contributed by atoms with van der Waals surface area (Å²) in [5.74, 6) is 0. The van der Waals surface area contributed by atoms with Crippen molar-refractivity contribution in [3.8, 4) is 0 Å². The molecule has 0 bridgehead atoms. The Morgan fingerprint density at radius 2 is 2.00 bits per heavy atom. The second kappa shape index (κ2) is 4.94. The van der Waals surface area contributed by atoms with Crippen molar-refractivity contribution in [2.75, 3.05) is 0 Å². The van der Waals surface area contributed by atoms with Gasteiger partial charge in [-0.25, -0.2) is 0 Å². The normalized spacial score (nSPS) is 11.2. The zero-order chi connectivity index (χ0) is 8.81. The fourth-order valence-corrected chi connectivity index (χ4v) is 1.42. The van der Waals surface area contributed by atoms with Gasteiger partial charge in [-0.05, 0) is 22.5 Å². The van der Waals surface area contributed by atoms with Crippen LogP contribution < -0.4 is 0 Å². The standard InChI is InChI=1S/C11H11Br/c1-2-6-11(12)9-10-7-4-3-5-8-10/h2-5,7-9H,1,6H2. The van der Waals surface area contributed by atoms with E-state index < -0.39 is 0 Å². The molecule has 0 radical (unpaired) electrons. The number of hydrogen-bond donors (Lipinski definition) is 0. The molecule has 0 amide bonds. The van der Waals surface area contributed by atoms with E-state index in [0.29, 0.717) is 0 Å². The van der Waals surface area contributed by atoms with Crippen molar-refractivity contribution in [3.63, 3.8) is 0 Å². The van der Waals surface area contributed by atoms with Gasteiger partial charge >= 0.3 is 0 Å². The lowest BCUT2D eigenvalue weighted by molar-refractivity contribution is 1.40. The van der Waals surface area contributed by atoms with E-state index in [9.17, 15) is 0 Å². The summed E-state index contributed by atoms with van der Waals surface area (Å²) in [5.41, 5.74) is 1.21. The SMILES string of the molecule is C=CCC(Br)=Cc1ccccc1. The van der Waals surface area contributed by atoms with Gasteiger partial charge in [0.05, 0.1) is 0 Å². The van der Waals surface area contributed by atoms with Gasteiger partial charge in [-0.2, -0.15) is 0 Å². The van der Waals surface area contributed by atoms with E-state index in [4.69, 9.17) is 0 Å². The van der Waals surface area contributed by atoms with Gasteiger partial charge in [-0.3, -0.25) is 0 Å². The van der Waals surface area contributed by atoms with Gasteiger partial charge in [-0.15, -0.1) is 6.58 Å². The van der Waals surface area contributed by atoms with E-state index in [0.717, 1.165) is 10.9 Å². The molecule has 1 aromatic rings. The fraction of sp³-hybridized carbons (Fsp3) is 0.0909. The van der Waals surface area contributed by atoms with E-state index in [1.54, 1.807) is 0 Å². The Bertz CT molecular complexity index is 272. The van der Waals surface area contributed by atoms with Crippen LogP contribution in [0.3, 0.4) is 0 Å².